The number of halogens is 2. The number of nitrogens with one attached hydrogen (secondary N) is 2. The SMILES string of the molecule is CC(=O)NC[C@H]1CN(c2ccc(-c3ccc(N4CCS(=O)(=NC(=O)NCCCl)CC4)nc3)c(F)c2)C(=O)O1. The van der Waals surface area contributed by atoms with Gasteiger partial charge in [0.05, 0.1) is 28.5 Å². The molecule has 4 rings (SSSR count). The van der Waals surface area contributed by atoms with Crippen LogP contribution in [-0.4, -0.2) is 83.4 Å². The summed E-state index contributed by atoms with van der Waals surface area (Å²) in [7, 11) is -2.65. The minimum atomic E-state index is -2.65. The molecule has 2 fully saturated rings. The largest absolute Gasteiger partial charge is 0.442 e. The van der Waals surface area contributed by atoms with Crippen molar-refractivity contribution in [2.45, 2.75) is 13.0 Å². The average molecular weight is 567 g/mol. The Balaban J connectivity index is 1.39. The molecule has 2 N–H and O–H groups in total. The van der Waals surface area contributed by atoms with Crippen LogP contribution >= 0.6 is 11.6 Å². The van der Waals surface area contributed by atoms with E-state index in [1.165, 1.54) is 17.9 Å². The van der Waals surface area contributed by atoms with Crippen LogP contribution in [0.15, 0.2) is 40.9 Å². The van der Waals surface area contributed by atoms with Crippen molar-refractivity contribution in [3.63, 3.8) is 0 Å². The van der Waals surface area contributed by atoms with Gasteiger partial charge in [-0.1, -0.05) is 0 Å². The molecule has 0 aliphatic carbocycles. The van der Waals surface area contributed by atoms with Crippen LogP contribution in [0.2, 0.25) is 0 Å². The number of urea groups is 1. The highest BCUT2D eigenvalue weighted by Crippen LogP contribution is 2.29. The number of rotatable bonds is 7. The molecule has 204 valence electrons. The second-order valence-electron chi connectivity index (χ2n) is 8.80. The maximum absolute atomic E-state index is 15.0. The number of aromatic nitrogens is 1. The highest BCUT2D eigenvalue weighted by molar-refractivity contribution is 7.94. The molecule has 11 nitrogen and oxygen atoms in total. The highest BCUT2D eigenvalue weighted by atomic mass is 35.5. The topological polar surface area (TPSA) is 133 Å². The Morgan fingerprint density at radius 1 is 1.24 bits per heavy atom. The molecule has 0 saturated carbocycles. The third kappa shape index (κ3) is 6.70. The van der Waals surface area contributed by atoms with Gasteiger partial charge in [-0.15, -0.1) is 16.0 Å². The fraction of sp³-hybridized carbons (Fsp3) is 0.417. The van der Waals surface area contributed by atoms with E-state index >= 15 is 4.39 Å². The van der Waals surface area contributed by atoms with Gasteiger partial charge in [0.1, 0.15) is 17.7 Å². The molecule has 2 saturated heterocycles. The van der Waals surface area contributed by atoms with E-state index in [9.17, 15) is 18.6 Å². The predicted molar refractivity (Wildman–Crippen MR) is 143 cm³/mol. The molecule has 1 aromatic heterocycles. The number of hydrogen-bond donors (Lipinski definition) is 2. The number of alkyl halides is 1. The van der Waals surface area contributed by atoms with Gasteiger partial charge in [-0.25, -0.2) is 23.2 Å². The lowest BCUT2D eigenvalue weighted by Gasteiger charge is -2.29. The van der Waals surface area contributed by atoms with E-state index in [2.05, 4.69) is 20.0 Å². The number of amides is 4. The van der Waals surface area contributed by atoms with Gasteiger partial charge in [0.2, 0.25) is 5.91 Å². The average Bonchev–Trinajstić information content (AvgIpc) is 3.27. The smallest absolute Gasteiger partial charge is 0.414 e. The third-order valence-electron chi connectivity index (χ3n) is 6.08. The summed E-state index contributed by atoms with van der Waals surface area (Å²) in [6, 6.07) is 7.34. The molecule has 3 heterocycles. The lowest BCUT2D eigenvalue weighted by atomic mass is 10.1. The third-order valence-corrected chi connectivity index (χ3v) is 8.41. The minimum Gasteiger partial charge on any atom is -0.442 e. The van der Waals surface area contributed by atoms with Crippen molar-refractivity contribution < 1.29 is 27.7 Å². The zero-order chi connectivity index (χ0) is 27.3. The van der Waals surface area contributed by atoms with Crippen molar-refractivity contribution in [2.75, 3.05) is 59.9 Å². The Labute approximate surface area is 224 Å². The van der Waals surface area contributed by atoms with Crippen LogP contribution < -0.4 is 20.4 Å². The number of anilines is 2. The van der Waals surface area contributed by atoms with Crippen molar-refractivity contribution in [3.05, 3.63) is 42.3 Å². The maximum Gasteiger partial charge on any atom is 0.414 e. The number of nitrogens with zero attached hydrogens (tertiary/aromatic N) is 4. The Morgan fingerprint density at radius 3 is 2.63 bits per heavy atom. The normalized spacial score (nSPS) is 18.6. The molecule has 2 aliphatic heterocycles. The molecule has 0 bridgehead atoms. The number of benzene rings is 1. The minimum absolute atomic E-state index is 0.183. The van der Waals surface area contributed by atoms with E-state index in [1.807, 2.05) is 4.90 Å². The Morgan fingerprint density at radius 2 is 2.00 bits per heavy atom. The summed E-state index contributed by atoms with van der Waals surface area (Å²) in [5.74, 6) is 0.593. The number of pyridine rings is 1. The fourth-order valence-electron chi connectivity index (χ4n) is 4.11. The molecule has 1 atom stereocenters. The quantitative estimate of drug-likeness (QED) is 0.492. The summed E-state index contributed by atoms with van der Waals surface area (Å²) in [6.07, 6.45) is 0.431. The first kappa shape index (κ1) is 27.6. The van der Waals surface area contributed by atoms with Gasteiger partial charge in [0.15, 0.2) is 0 Å². The van der Waals surface area contributed by atoms with Crippen LogP contribution in [0.5, 0.6) is 0 Å². The summed E-state index contributed by atoms with van der Waals surface area (Å²) in [4.78, 5) is 42.8. The summed E-state index contributed by atoms with van der Waals surface area (Å²) >= 11 is 5.54. The zero-order valence-electron chi connectivity index (χ0n) is 20.7. The first-order chi connectivity index (χ1) is 18.2. The van der Waals surface area contributed by atoms with Gasteiger partial charge < -0.3 is 20.3 Å². The van der Waals surface area contributed by atoms with Crippen molar-refractivity contribution in [1.82, 2.24) is 15.6 Å². The van der Waals surface area contributed by atoms with Crippen LogP contribution in [0.3, 0.4) is 0 Å². The predicted octanol–water partition coefficient (Wildman–Crippen LogP) is 2.59. The molecule has 38 heavy (non-hydrogen) atoms. The van der Waals surface area contributed by atoms with Crippen LogP contribution in [0, 0.1) is 5.82 Å². The number of carbonyl (C=O) groups is 3. The van der Waals surface area contributed by atoms with Crippen molar-refractivity contribution >= 4 is 50.9 Å². The van der Waals surface area contributed by atoms with E-state index in [0.717, 1.165) is 0 Å². The molecule has 1 aromatic carbocycles. The molecule has 4 amide bonds. The molecule has 2 aromatic rings. The van der Waals surface area contributed by atoms with Gasteiger partial charge in [0.25, 0.3) is 0 Å². The van der Waals surface area contributed by atoms with Gasteiger partial charge in [0, 0.05) is 61.3 Å². The molecule has 0 spiro atoms. The van der Waals surface area contributed by atoms with Crippen LogP contribution in [-0.2, 0) is 19.3 Å². The van der Waals surface area contributed by atoms with E-state index in [1.54, 1.807) is 30.5 Å². The van der Waals surface area contributed by atoms with Crippen molar-refractivity contribution in [3.8, 4) is 11.1 Å². The summed E-state index contributed by atoms with van der Waals surface area (Å²) in [5, 5.41) is 5.10. The number of ether oxygens (including phenoxy) is 1. The maximum atomic E-state index is 15.0. The van der Waals surface area contributed by atoms with Gasteiger partial charge >= 0.3 is 12.1 Å². The summed E-state index contributed by atoms with van der Waals surface area (Å²) in [6.45, 7) is 2.84. The number of hydrogen-bond acceptors (Lipinski definition) is 7. The van der Waals surface area contributed by atoms with Gasteiger partial charge in [-0.3, -0.25) is 9.69 Å². The van der Waals surface area contributed by atoms with E-state index in [0.29, 0.717) is 35.7 Å². The van der Waals surface area contributed by atoms with Gasteiger partial charge in [-0.2, -0.15) is 0 Å². The van der Waals surface area contributed by atoms with Crippen molar-refractivity contribution in [1.29, 1.82) is 0 Å². The number of carbonyl (C=O) groups excluding carboxylic acids is 3. The first-order valence-corrected chi connectivity index (χ1v) is 14.4. The van der Waals surface area contributed by atoms with Crippen molar-refractivity contribution in [2.24, 2.45) is 4.36 Å². The second kappa shape index (κ2) is 11.9. The number of cyclic esters (lactones) is 1. The van der Waals surface area contributed by atoms with Gasteiger partial charge in [-0.05, 0) is 30.3 Å². The Kier molecular flexibility index (Phi) is 8.67. The lowest BCUT2D eigenvalue weighted by Crippen LogP contribution is -2.41. The Bertz CT molecular complexity index is 1320. The van der Waals surface area contributed by atoms with Crippen LogP contribution in [0.4, 0.5) is 25.5 Å². The highest BCUT2D eigenvalue weighted by Gasteiger charge is 2.32. The zero-order valence-corrected chi connectivity index (χ0v) is 22.3. The lowest BCUT2D eigenvalue weighted by molar-refractivity contribution is -0.119. The molecule has 0 unspecified atom stereocenters. The first-order valence-electron chi connectivity index (χ1n) is 12.0. The second-order valence-corrected chi connectivity index (χ2v) is 11.7. The van der Waals surface area contributed by atoms with E-state index in [4.69, 9.17) is 16.3 Å². The summed E-state index contributed by atoms with van der Waals surface area (Å²) < 4.78 is 37.0. The molecular formula is C24H28ClFN6O5S. The van der Waals surface area contributed by atoms with Crippen LogP contribution in [0.1, 0.15) is 6.92 Å². The van der Waals surface area contributed by atoms with E-state index < -0.39 is 33.8 Å². The van der Waals surface area contributed by atoms with E-state index in [-0.39, 0.29) is 42.9 Å². The molecule has 2 aliphatic rings. The summed E-state index contributed by atoms with van der Waals surface area (Å²) in [5.41, 5.74) is 1.22. The monoisotopic (exact) mass is 566 g/mol. The molecule has 0 radical (unpaired) electrons. The molecule has 14 heteroatoms. The molecular weight excluding hydrogens is 539 g/mol. The van der Waals surface area contributed by atoms with Crippen LogP contribution in [0.25, 0.3) is 11.1 Å². The Hall–Kier alpha value is -3.45. The fourth-order valence-corrected chi connectivity index (χ4v) is 5.97. The standard InChI is InChI=1S/C24H28ClFN6O5S/c1-16(33)28-14-19-15-32(24(35)37-19)18-3-4-20(21(26)12-18)17-2-5-22(29-13-17)31-8-10-38(36,11-9-31)30-23(34)27-7-6-25/h2-5,12-13,19H,6-11,14-15H2,1H3,(H,27,34)(H,28,33)/t19-/m0/s1.